The molecule has 0 fully saturated rings. The second-order valence-corrected chi connectivity index (χ2v) is 8.63. The molecule has 0 atom stereocenters. The Labute approximate surface area is 200 Å². The molecule has 168 valence electrons. The lowest BCUT2D eigenvalue weighted by atomic mass is 10.2. The number of carbonyl (C=O) groups is 1. The molecular formula is C24H21ClFN5OS. The van der Waals surface area contributed by atoms with Crippen LogP contribution < -0.4 is 10.6 Å². The van der Waals surface area contributed by atoms with Crippen molar-refractivity contribution in [3.8, 4) is 5.69 Å². The number of thioether (sulfide) groups is 1. The third kappa shape index (κ3) is 5.91. The van der Waals surface area contributed by atoms with Crippen molar-refractivity contribution in [2.24, 2.45) is 0 Å². The predicted octanol–water partition coefficient (Wildman–Crippen LogP) is 5.98. The second kappa shape index (κ2) is 10.5. The smallest absolute Gasteiger partial charge is 0.319 e. The Bertz CT molecular complexity index is 1250. The third-order valence-electron chi connectivity index (χ3n) is 4.79. The van der Waals surface area contributed by atoms with Gasteiger partial charge in [0.15, 0.2) is 11.0 Å². The van der Waals surface area contributed by atoms with Gasteiger partial charge in [0.1, 0.15) is 5.82 Å². The number of anilines is 1. The molecule has 0 saturated carbocycles. The minimum Gasteiger partial charge on any atom is -0.331 e. The summed E-state index contributed by atoms with van der Waals surface area (Å²) in [6.07, 6.45) is 0. The van der Waals surface area contributed by atoms with E-state index in [1.54, 1.807) is 11.8 Å². The first-order chi connectivity index (χ1) is 16.0. The normalized spacial score (nSPS) is 10.8. The first-order valence-electron chi connectivity index (χ1n) is 10.2. The van der Waals surface area contributed by atoms with Crippen molar-refractivity contribution in [2.75, 3.05) is 5.32 Å². The average molecular weight is 482 g/mol. The number of hydrogen-bond acceptors (Lipinski definition) is 4. The minimum atomic E-state index is -0.547. The van der Waals surface area contributed by atoms with Crippen LogP contribution in [0.4, 0.5) is 14.9 Å². The summed E-state index contributed by atoms with van der Waals surface area (Å²) in [5.41, 5.74) is 3.61. The number of carbonyl (C=O) groups excluding carboxylic acids is 1. The van der Waals surface area contributed by atoms with Crippen molar-refractivity contribution in [3.63, 3.8) is 0 Å². The maximum Gasteiger partial charge on any atom is 0.319 e. The van der Waals surface area contributed by atoms with E-state index in [-0.39, 0.29) is 11.6 Å². The molecule has 6 nitrogen and oxygen atoms in total. The van der Waals surface area contributed by atoms with Crippen molar-refractivity contribution in [1.29, 1.82) is 0 Å². The zero-order valence-electron chi connectivity index (χ0n) is 17.8. The van der Waals surface area contributed by atoms with E-state index in [1.807, 2.05) is 54.0 Å². The molecule has 1 aromatic heterocycles. The van der Waals surface area contributed by atoms with E-state index in [0.29, 0.717) is 11.5 Å². The van der Waals surface area contributed by atoms with Gasteiger partial charge in [0, 0.05) is 17.1 Å². The summed E-state index contributed by atoms with van der Waals surface area (Å²) >= 11 is 7.35. The van der Waals surface area contributed by atoms with Crippen LogP contribution in [0.15, 0.2) is 78.0 Å². The maximum atomic E-state index is 13.3. The van der Waals surface area contributed by atoms with E-state index in [9.17, 15) is 9.18 Å². The number of amides is 2. The summed E-state index contributed by atoms with van der Waals surface area (Å²) in [6, 6.07) is 21.7. The van der Waals surface area contributed by atoms with Gasteiger partial charge in [0.05, 0.1) is 11.6 Å². The van der Waals surface area contributed by atoms with Gasteiger partial charge in [0.25, 0.3) is 0 Å². The number of aromatic nitrogens is 3. The van der Waals surface area contributed by atoms with Crippen molar-refractivity contribution >= 4 is 35.1 Å². The summed E-state index contributed by atoms with van der Waals surface area (Å²) in [5, 5.41) is 14.7. The summed E-state index contributed by atoms with van der Waals surface area (Å²) in [6.45, 7) is 2.17. The Morgan fingerprint density at radius 2 is 1.82 bits per heavy atom. The number of rotatable bonds is 7. The van der Waals surface area contributed by atoms with Crippen LogP contribution in [0.5, 0.6) is 0 Å². The zero-order chi connectivity index (χ0) is 23.2. The lowest BCUT2D eigenvalue weighted by Crippen LogP contribution is -2.29. The first-order valence-corrected chi connectivity index (χ1v) is 11.5. The quantitative estimate of drug-likeness (QED) is 0.318. The monoisotopic (exact) mass is 481 g/mol. The zero-order valence-corrected chi connectivity index (χ0v) is 19.3. The number of aryl methyl sites for hydroxylation is 1. The van der Waals surface area contributed by atoms with E-state index in [2.05, 4.69) is 33.0 Å². The molecule has 0 bridgehead atoms. The summed E-state index contributed by atoms with van der Waals surface area (Å²) in [5.74, 6) is 0.778. The number of benzene rings is 3. The standard InChI is InChI=1S/C24H21ClFN5OS/c1-16-7-10-19(11-8-16)31-22(29-30-24(31)33-15-17-5-3-2-4-6-17)14-27-23(32)28-18-9-12-21(26)20(25)13-18/h2-13H,14-15H2,1H3,(H2,27,28,32). The van der Waals surface area contributed by atoms with Gasteiger partial charge in [-0.15, -0.1) is 10.2 Å². The molecule has 0 saturated heterocycles. The minimum absolute atomic E-state index is 0.0630. The Morgan fingerprint density at radius 3 is 2.55 bits per heavy atom. The highest BCUT2D eigenvalue weighted by molar-refractivity contribution is 7.98. The lowest BCUT2D eigenvalue weighted by Gasteiger charge is -2.12. The first kappa shape index (κ1) is 22.8. The molecular weight excluding hydrogens is 461 g/mol. The highest BCUT2D eigenvalue weighted by atomic mass is 35.5. The van der Waals surface area contributed by atoms with Crippen molar-refractivity contribution in [3.05, 3.63) is 101 Å². The molecule has 3 aromatic carbocycles. The van der Waals surface area contributed by atoms with Crippen molar-refractivity contribution in [1.82, 2.24) is 20.1 Å². The van der Waals surface area contributed by atoms with Crippen LogP contribution in [0.25, 0.3) is 5.69 Å². The van der Waals surface area contributed by atoms with E-state index >= 15 is 0 Å². The van der Waals surface area contributed by atoms with Crippen LogP contribution in [-0.2, 0) is 12.3 Å². The van der Waals surface area contributed by atoms with E-state index in [1.165, 1.54) is 23.8 Å². The van der Waals surface area contributed by atoms with Gasteiger partial charge in [-0.05, 0) is 42.8 Å². The van der Waals surface area contributed by atoms with E-state index in [0.717, 1.165) is 22.2 Å². The molecule has 2 amide bonds. The summed E-state index contributed by atoms with van der Waals surface area (Å²) in [4.78, 5) is 12.4. The van der Waals surface area contributed by atoms with Gasteiger partial charge in [-0.2, -0.15) is 0 Å². The topological polar surface area (TPSA) is 71.8 Å². The largest absolute Gasteiger partial charge is 0.331 e. The van der Waals surface area contributed by atoms with Gasteiger partial charge < -0.3 is 10.6 Å². The summed E-state index contributed by atoms with van der Waals surface area (Å²) in [7, 11) is 0. The van der Waals surface area contributed by atoms with Gasteiger partial charge in [0.2, 0.25) is 0 Å². The number of hydrogen-bond donors (Lipinski definition) is 2. The van der Waals surface area contributed by atoms with Crippen LogP contribution in [-0.4, -0.2) is 20.8 Å². The summed E-state index contributed by atoms with van der Waals surface area (Å²) < 4.78 is 15.3. The Balaban J connectivity index is 1.50. The fraction of sp³-hybridized carbons (Fsp3) is 0.125. The molecule has 4 aromatic rings. The molecule has 0 unspecified atom stereocenters. The van der Waals surface area contributed by atoms with Crippen molar-refractivity contribution in [2.45, 2.75) is 24.4 Å². The maximum absolute atomic E-state index is 13.3. The number of urea groups is 1. The van der Waals surface area contributed by atoms with Gasteiger partial charge in [-0.3, -0.25) is 4.57 Å². The third-order valence-corrected chi connectivity index (χ3v) is 6.08. The van der Waals surface area contributed by atoms with Crippen LogP contribution in [0.1, 0.15) is 17.0 Å². The molecule has 0 spiro atoms. The van der Waals surface area contributed by atoms with Gasteiger partial charge >= 0.3 is 6.03 Å². The lowest BCUT2D eigenvalue weighted by molar-refractivity contribution is 0.251. The molecule has 4 rings (SSSR count). The van der Waals surface area contributed by atoms with Crippen LogP contribution in [0, 0.1) is 12.7 Å². The molecule has 33 heavy (non-hydrogen) atoms. The van der Waals surface area contributed by atoms with E-state index in [4.69, 9.17) is 11.6 Å². The Morgan fingerprint density at radius 1 is 1.06 bits per heavy atom. The highest BCUT2D eigenvalue weighted by Crippen LogP contribution is 2.25. The predicted molar refractivity (Wildman–Crippen MR) is 129 cm³/mol. The fourth-order valence-electron chi connectivity index (χ4n) is 3.09. The van der Waals surface area contributed by atoms with Gasteiger partial charge in [-0.1, -0.05) is 71.4 Å². The molecule has 1 heterocycles. The molecule has 0 radical (unpaired) electrons. The van der Waals surface area contributed by atoms with Crippen molar-refractivity contribution < 1.29 is 9.18 Å². The molecule has 0 aliphatic carbocycles. The number of nitrogens with one attached hydrogen (secondary N) is 2. The number of nitrogens with zero attached hydrogens (tertiary/aromatic N) is 3. The highest BCUT2D eigenvalue weighted by Gasteiger charge is 2.16. The molecule has 9 heteroatoms. The van der Waals surface area contributed by atoms with E-state index < -0.39 is 11.8 Å². The molecule has 2 N–H and O–H groups in total. The molecule has 0 aliphatic rings. The fourth-order valence-corrected chi connectivity index (χ4v) is 4.20. The van der Waals surface area contributed by atoms with Crippen LogP contribution >= 0.6 is 23.4 Å². The second-order valence-electron chi connectivity index (χ2n) is 7.28. The Kier molecular flexibility index (Phi) is 7.26. The van der Waals surface area contributed by atoms with Gasteiger partial charge in [-0.25, -0.2) is 9.18 Å². The number of halogens is 2. The SMILES string of the molecule is Cc1ccc(-n2c(CNC(=O)Nc3ccc(F)c(Cl)c3)nnc2SCc2ccccc2)cc1. The van der Waals surface area contributed by atoms with Crippen LogP contribution in [0.3, 0.4) is 0 Å². The van der Waals surface area contributed by atoms with Crippen LogP contribution in [0.2, 0.25) is 5.02 Å². The molecule has 0 aliphatic heterocycles. The Hall–Kier alpha value is -3.36. The average Bonchev–Trinajstić information content (AvgIpc) is 3.23.